The van der Waals surface area contributed by atoms with E-state index in [9.17, 15) is 4.79 Å². The van der Waals surface area contributed by atoms with E-state index in [1.54, 1.807) is 6.07 Å². The van der Waals surface area contributed by atoms with Gasteiger partial charge in [-0.05, 0) is 56.2 Å². The Morgan fingerprint density at radius 3 is 2.66 bits per heavy atom. The second kappa shape index (κ2) is 9.33. The molecule has 3 aromatic rings. The predicted molar refractivity (Wildman–Crippen MR) is 117 cm³/mol. The van der Waals surface area contributed by atoms with E-state index in [4.69, 9.17) is 16.3 Å². The molecule has 0 saturated heterocycles. The maximum atomic E-state index is 12.3. The minimum absolute atomic E-state index is 0.0839. The van der Waals surface area contributed by atoms with E-state index in [0.29, 0.717) is 16.0 Å². The number of thioether (sulfide) groups is 1. The van der Waals surface area contributed by atoms with Crippen molar-refractivity contribution in [1.82, 2.24) is 14.8 Å². The molecule has 0 spiro atoms. The lowest BCUT2D eigenvalue weighted by Crippen LogP contribution is -2.15. The Morgan fingerprint density at radius 2 is 1.93 bits per heavy atom. The van der Waals surface area contributed by atoms with Crippen LogP contribution in [-0.4, -0.2) is 26.4 Å². The molecular formula is C21H23ClN4O2S. The molecule has 1 N–H and O–H groups in total. The number of anilines is 1. The lowest BCUT2D eigenvalue weighted by atomic mass is 10.1. The van der Waals surface area contributed by atoms with Gasteiger partial charge in [0, 0.05) is 17.8 Å². The molecule has 0 aliphatic rings. The number of halogens is 1. The summed E-state index contributed by atoms with van der Waals surface area (Å²) < 4.78 is 7.61. The summed E-state index contributed by atoms with van der Waals surface area (Å²) in [7, 11) is 1.86. The van der Waals surface area contributed by atoms with Crippen molar-refractivity contribution in [2.24, 2.45) is 7.05 Å². The van der Waals surface area contributed by atoms with Crippen molar-refractivity contribution in [3.63, 3.8) is 0 Å². The molecule has 1 amide bonds. The third-order valence-corrected chi connectivity index (χ3v) is 5.86. The highest BCUT2D eigenvalue weighted by Gasteiger charge is 2.13. The van der Waals surface area contributed by atoms with Gasteiger partial charge in [0.15, 0.2) is 11.0 Å². The number of rotatable bonds is 7. The van der Waals surface area contributed by atoms with Crippen molar-refractivity contribution in [3.05, 3.63) is 63.9 Å². The Kier molecular flexibility index (Phi) is 6.82. The number of hydrogen-bond donors (Lipinski definition) is 1. The molecule has 0 radical (unpaired) electrons. The standard InChI is InChI=1S/C21H23ClN4O2S/c1-13-5-8-18(15(3)9-13)23-20(27)12-29-21-25-24-19(26(21)4)11-28-16-6-7-17(22)14(2)10-16/h5-10H,11-12H2,1-4H3,(H,23,27). The maximum Gasteiger partial charge on any atom is 0.234 e. The monoisotopic (exact) mass is 430 g/mol. The molecule has 8 heteroatoms. The van der Waals surface area contributed by atoms with Gasteiger partial charge in [0.05, 0.1) is 5.75 Å². The highest BCUT2D eigenvalue weighted by molar-refractivity contribution is 7.99. The largest absolute Gasteiger partial charge is 0.486 e. The molecule has 0 unspecified atom stereocenters. The second-order valence-corrected chi connectivity index (χ2v) is 8.16. The number of aromatic nitrogens is 3. The molecule has 0 saturated carbocycles. The summed E-state index contributed by atoms with van der Waals surface area (Å²) in [6, 6.07) is 11.4. The number of amides is 1. The molecule has 0 atom stereocenters. The highest BCUT2D eigenvalue weighted by Crippen LogP contribution is 2.23. The van der Waals surface area contributed by atoms with Gasteiger partial charge < -0.3 is 14.6 Å². The summed E-state index contributed by atoms with van der Waals surface area (Å²) in [6.07, 6.45) is 0. The fraction of sp³-hybridized carbons (Fsp3) is 0.286. The zero-order valence-corrected chi connectivity index (χ0v) is 18.4. The van der Waals surface area contributed by atoms with Gasteiger partial charge in [-0.15, -0.1) is 10.2 Å². The van der Waals surface area contributed by atoms with Crippen LogP contribution in [0.25, 0.3) is 0 Å². The average molecular weight is 431 g/mol. The minimum Gasteiger partial charge on any atom is -0.486 e. The number of hydrogen-bond acceptors (Lipinski definition) is 5. The molecular weight excluding hydrogens is 408 g/mol. The van der Waals surface area contributed by atoms with Gasteiger partial charge in [0.2, 0.25) is 5.91 Å². The number of carbonyl (C=O) groups is 1. The zero-order chi connectivity index (χ0) is 21.0. The van der Waals surface area contributed by atoms with E-state index in [1.807, 2.05) is 62.7 Å². The van der Waals surface area contributed by atoms with Crippen LogP contribution >= 0.6 is 23.4 Å². The summed E-state index contributed by atoms with van der Waals surface area (Å²) in [5.74, 6) is 1.56. The number of nitrogens with zero attached hydrogens (tertiary/aromatic N) is 3. The van der Waals surface area contributed by atoms with E-state index in [0.717, 1.165) is 28.1 Å². The molecule has 29 heavy (non-hydrogen) atoms. The van der Waals surface area contributed by atoms with E-state index in [2.05, 4.69) is 15.5 Å². The molecule has 0 aliphatic heterocycles. The van der Waals surface area contributed by atoms with Crippen molar-refractivity contribution in [2.45, 2.75) is 32.5 Å². The van der Waals surface area contributed by atoms with E-state index >= 15 is 0 Å². The Balaban J connectivity index is 1.55. The topological polar surface area (TPSA) is 69.0 Å². The van der Waals surface area contributed by atoms with Crippen molar-refractivity contribution >= 4 is 35.0 Å². The Bertz CT molecular complexity index is 1040. The third kappa shape index (κ3) is 5.52. The van der Waals surface area contributed by atoms with E-state index < -0.39 is 0 Å². The number of ether oxygens (including phenoxy) is 1. The first-order valence-corrected chi connectivity index (χ1v) is 10.5. The van der Waals surface area contributed by atoms with Crippen LogP contribution < -0.4 is 10.1 Å². The highest BCUT2D eigenvalue weighted by atomic mass is 35.5. The van der Waals surface area contributed by atoms with Crippen LogP contribution in [-0.2, 0) is 18.4 Å². The van der Waals surface area contributed by atoms with Crippen LogP contribution in [0, 0.1) is 20.8 Å². The number of carbonyl (C=O) groups excluding carboxylic acids is 1. The van der Waals surface area contributed by atoms with E-state index in [1.165, 1.54) is 11.8 Å². The summed E-state index contributed by atoms with van der Waals surface area (Å²) in [5, 5.41) is 12.6. The van der Waals surface area contributed by atoms with Gasteiger partial charge in [0.25, 0.3) is 0 Å². The van der Waals surface area contributed by atoms with Gasteiger partial charge in [0.1, 0.15) is 12.4 Å². The molecule has 2 aromatic carbocycles. The first-order chi connectivity index (χ1) is 13.8. The van der Waals surface area contributed by atoms with Gasteiger partial charge in [-0.1, -0.05) is 41.1 Å². The van der Waals surface area contributed by atoms with E-state index in [-0.39, 0.29) is 18.3 Å². The Hall–Kier alpha value is -2.51. The van der Waals surface area contributed by atoms with Crippen molar-refractivity contribution in [1.29, 1.82) is 0 Å². The molecule has 0 aliphatic carbocycles. The van der Waals surface area contributed by atoms with Gasteiger partial charge in [-0.3, -0.25) is 4.79 Å². The lowest BCUT2D eigenvalue weighted by molar-refractivity contribution is -0.113. The van der Waals surface area contributed by atoms with Gasteiger partial charge >= 0.3 is 0 Å². The number of benzene rings is 2. The first kappa shape index (κ1) is 21.2. The fourth-order valence-electron chi connectivity index (χ4n) is 2.72. The Labute approximate surface area is 179 Å². The van der Waals surface area contributed by atoms with Crippen LogP contribution in [0.2, 0.25) is 5.02 Å². The normalized spacial score (nSPS) is 10.8. The lowest BCUT2D eigenvalue weighted by Gasteiger charge is -2.09. The molecule has 0 fully saturated rings. The van der Waals surface area contributed by atoms with Crippen LogP contribution in [0.4, 0.5) is 5.69 Å². The van der Waals surface area contributed by atoms with Crippen molar-refractivity contribution < 1.29 is 9.53 Å². The zero-order valence-electron chi connectivity index (χ0n) is 16.8. The summed E-state index contributed by atoms with van der Waals surface area (Å²) in [5.41, 5.74) is 3.98. The quantitative estimate of drug-likeness (QED) is 0.550. The van der Waals surface area contributed by atoms with Crippen LogP contribution in [0.3, 0.4) is 0 Å². The fourth-order valence-corrected chi connectivity index (χ4v) is 3.57. The summed E-state index contributed by atoms with van der Waals surface area (Å²) in [4.78, 5) is 12.3. The average Bonchev–Trinajstić information content (AvgIpc) is 3.03. The number of aryl methyl sites for hydroxylation is 3. The van der Waals surface area contributed by atoms with Gasteiger partial charge in [-0.2, -0.15) is 0 Å². The summed E-state index contributed by atoms with van der Waals surface area (Å²) in [6.45, 7) is 6.21. The maximum absolute atomic E-state index is 12.3. The smallest absolute Gasteiger partial charge is 0.234 e. The first-order valence-electron chi connectivity index (χ1n) is 9.10. The Morgan fingerprint density at radius 1 is 1.14 bits per heavy atom. The molecule has 152 valence electrons. The molecule has 1 heterocycles. The van der Waals surface area contributed by atoms with Crippen molar-refractivity contribution in [3.8, 4) is 5.75 Å². The van der Waals surface area contributed by atoms with Crippen molar-refractivity contribution in [2.75, 3.05) is 11.1 Å². The molecule has 6 nitrogen and oxygen atoms in total. The summed E-state index contributed by atoms with van der Waals surface area (Å²) >= 11 is 7.37. The molecule has 1 aromatic heterocycles. The predicted octanol–water partition coefficient (Wildman–Crippen LogP) is 4.70. The minimum atomic E-state index is -0.0839. The van der Waals surface area contributed by atoms with Crippen LogP contribution in [0.5, 0.6) is 5.75 Å². The SMILES string of the molecule is Cc1ccc(NC(=O)CSc2nnc(COc3ccc(Cl)c(C)c3)n2C)c(C)c1. The molecule has 0 bridgehead atoms. The van der Waals surface area contributed by atoms with Gasteiger partial charge in [-0.25, -0.2) is 0 Å². The number of nitrogens with one attached hydrogen (secondary N) is 1. The molecule has 3 rings (SSSR count). The second-order valence-electron chi connectivity index (χ2n) is 6.81. The third-order valence-electron chi connectivity index (χ3n) is 4.41. The van der Waals surface area contributed by atoms with Crippen LogP contribution in [0.1, 0.15) is 22.5 Å². The van der Waals surface area contributed by atoms with Crippen LogP contribution in [0.15, 0.2) is 41.6 Å².